The minimum atomic E-state index is 0.764. The molecule has 0 aliphatic rings. The molecule has 4 rings (SSSR count). The number of thiazole rings is 1. The molecule has 2 nitrogen and oxygen atoms in total. The van der Waals surface area contributed by atoms with E-state index in [9.17, 15) is 0 Å². The number of halogens is 1. The summed E-state index contributed by atoms with van der Waals surface area (Å²) in [5.74, 6) is 0. The number of nitrogens with zero attached hydrogens (tertiary/aromatic N) is 2. The van der Waals surface area contributed by atoms with Gasteiger partial charge in [0.05, 0.1) is 10.5 Å². The van der Waals surface area contributed by atoms with Crippen LogP contribution in [0.4, 0.5) is 0 Å². The predicted octanol–water partition coefficient (Wildman–Crippen LogP) is 5.46. The van der Waals surface area contributed by atoms with Crippen molar-refractivity contribution in [2.24, 2.45) is 0 Å². The monoisotopic (exact) mass is 326 g/mol. The molecule has 110 valence electrons. The summed E-state index contributed by atoms with van der Waals surface area (Å²) >= 11 is 7.93. The number of hydrogen-bond donors (Lipinski definition) is 0. The molecule has 2 heterocycles. The fraction of sp³-hybridized carbons (Fsp3) is 0.167. The minimum Gasteiger partial charge on any atom is -0.330 e. The van der Waals surface area contributed by atoms with Crippen molar-refractivity contribution < 1.29 is 0 Å². The normalized spacial score (nSPS) is 11.5. The summed E-state index contributed by atoms with van der Waals surface area (Å²) in [6, 6.07) is 16.7. The van der Waals surface area contributed by atoms with Gasteiger partial charge in [0.1, 0.15) is 10.3 Å². The van der Waals surface area contributed by atoms with Gasteiger partial charge in [-0.2, -0.15) is 0 Å². The van der Waals surface area contributed by atoms with Crippen molar-refractivity contribution in [3.63, 3.8) is 0 Å². The Morgan fingerprint density at radius 2 is 1.95 bits per heavy atom. The molecular weight excluding hydrogens is 312 g/mol. The zero-order valence-corrected chi connectivity index (χ0v) is 13.8. The number of fused-ring (bicyclic) bond motifs is 3. The van der Waals surface area contributed by atoms with Crippen LogP contribution in [-0.2, 0) is 13.0 Å². The Kier molecular flexibility index (Phi) is 3.40. The molecule has 4 heteroatoms. The van der Waals surface area contributed by atoms with Crippen LogP contribution in [0, 0.1) is 6.92 Å². The number of aryl methyl sites for hydroxylation is 3. The van der Waals surface area contributed by atoms with Crippen LogP contribution in [0.25, 0.3) is 21.3 Å². The van der Waals surface area contributed by atoms with Crippen LogP contribution in [0.2, 0.25) is 5.02 Å². The average molecular weight is 327 g/mol. The van der Waals surface area contributed by atoms with Gasteiger partial charge in [-0.15, -0.1) is 11.3 Å². The quantitative estimate of drug-likeness (QED) is 0.489. The maximum absolute atomic E-state index is 6.17. The van der Waals surface area contributed by atoms with Gasteiger partial charge < -0.3 is 4.57 Å². The molecule has 0 N–H and O–H groups in total. The first-order chi connectivity index (χ1) is 10.7. The molecule has 22 heavy (non-hydrogen) atoms. The first kappa shape index (κ1) is 13.8. The van der Waals surface area contributed by atoms with E-state index in [1.54, 1.807) is 11.3 Å². The Labute approximate surface area is 138 Å². The van der Waals surface area contributed by atoms with Gasteiger partial charge >= 0.3 is 0 Å². The Bertz CT molecular complexity index is 953. The zero-order chi connectivity index (χ0) is 15.1. The number of rotatable bonds is 3. The lowest BCUT2D eigenvalue weighted by Gasteiger charge is -2.06. The van der Waals surface area contributed by atoms with Crippen molar-refractivity contribution in [2.45, 2.75) is 19.9 Å². The van der Waals surface area contributed by atoms with E-state index in [2.05, 4.69) is 47.9 Å². The third-order valence-electron chi connectivity index (χ3n) is 3.93. The van der Waals surface area contributed by atoms with E-state index < -0.39 is 0 Å². The number of benzene rings is 2. The molecule has 0 spiro atoms. The van der Waals surface area contributed by atoms with Crippen molar-refractivity contribution in [3.8, 4) is 0 Å². The Morgan fingerprint density at radius 3 is 2.77 bits per heavy atom. The van der Waals surface area contributed by atoms with Gasteiger partial charge in [-0.05, 0) is 37.1 Å². The summed E-state index contributed by atoms with van der Waals surface area (Å²) in [6.07, 6.45) is 1.01. The second-order valence-electron chi connectivity index (χ2n) is 5.44. The standard InChI is InChI=1S/C18H15ClN2S/c1-12-20-17-15-11-14(19)7-8-16(15)21(18(17)22-12)10-9-13-5-3-2-4-6-13/h2-8,11H,9-10H2,1H3. The SMILES string of the molecule is Cc1nc2c3cc(Cl)ccc3n(CCc3ccccc3)c2s1. The van der Waals surface area contributed by atoms with Crippen molar-refractivity contribution in [2.75, 3.05) is 0 Å². The van der Waals surface area contributed by atoms with Crippen LogP contribution in [0.1, 0.15) is 10.6 Å². The summed E-state index contributed by atoms with van der Waals surface area (Å²) in [4.78, 5) is 5.94. The van der Waals surface area contributed by atoms with Crippen LogP contribution < -0.4 is 0 Å². The number of hydrogen-bond acceptors (Lipinski definition) is 2. The van der Waals surface area contributed by atoms with E-state index in [0.717, 1.165) is 33.9 Å². The van der Waals surface area contributed by atoms with Crippen LogP contribution in [0.15, 0.2) is 48.5 Å². The molecule has 0 amide bonds. The molecule has 2 aromatic heterocycles. The Hall–Kier alpha value is -1.84. The molecule has 0 aliphatic carbocycles. The predicted molar refractivity (Wildman–Crippen MR) is 95.0 cm³/mol. The van der Waals surface area contributed by atoms with Gasteiger partial charge in [-0.3, -0.25) is 0 Å². The maximum atomic E-state index is 6.17. The average Bonchev–Trinajstić information content (AvgIpc) is 3.02. The topological polar surface area (TPSA) is 17.8 Å². The first-order valence-corrected chi connectivity index (χ1v) is 8.50. The van der Waals surface area contributed by atoms with Gasteiger partial charge in [-0.1, -0.05) is 41.9 Å². The van der Waals surface area contributed by atoms with Crippen LogP contribution in [0.3, 0.4) is 0 Å². The van der Waals surface area contributed by atoms with Gasteiger partial charge in [0.25, 0.3) is 0 Å². The first-order valence-electron chi connectivity index (χ1n) is 7.31. The summed E-state index contributed by atoms with van der Waals surface area (Å²) in [6.45, 7) is 3.01. The fourth-order valence-corrected chi connectivity index (χ4v) is 4.07. The van der Waals surface area contributed by atoms with E-state index in [-0.39, 0.29) is 0 Å². The molecule has 0 unspecified atom stereocenters. The zero-order valence-electron chi connectivity index (χ0n) is 12.2. The minimum absolute atomic E-state index is 0.764. The highest BCUT2D eigenvalue weighted by atomic mass is 35.5. The third kappa shape index (κ3) is 2.31. The van der Waals surface area contributed by atoms with Crippen molar-refractivity contribution in [1.29, 1.82) is 0 Å². The Morgan fingerprint density at radius 1 is 1.14 bits per heavy atom. The van der Waals surface area contributed by atoms with Gasteiger partial charge in [0, 0.05) is 17.0 Å². The highest BCUT2D eigenvalue weighted by Gasteiger charge is 2.14. The second-order valence-corrected chi connectivity index (χ2v) is 7.05. The second kappa shape index (κ2) is 5.41. The maximum Gasteiger partial charge on any atom is 0.124 e. The molecule has 0 fully saturated rings. The van der Waals surface area contributed by atoms with E-state index in [1.165, 1.54) is 15.9 Å². The summed E-state index contributed by atoms with van der Waals surface area (Å²) in [5.41, 5.74) is 3.65. The third-order valence-corrected chi connectivity index (χ3v) is 5.16. The molecule has 0 bridgehead atoms. The molecular formula is C18H15ClN2S. The van der Waals surface area contributed by atoms with Crippen molar-refractivity contribution >= 4 is 44.2 Å². The van der Waals surface area contributed by atoms with E-state index in [4.69, 9.17) is 16.6 Å². The highest BCUT2D eigenvalue weighted by molar-refractivity contribution is 7.18. The van der Waals surface area contributed by atoms with Crippen molar-refractivity contribution in [3.05, 3.63) is 64.1 Å². The molecule has 0 saturated carbocycles. The Balaban J connectivity index is 1.83. The summed E-state index contributed by atoms with van der Waals surface area (Å²) < 4.78 is 2.37. The summed E-state index contributed by atoms with van der Waals surface area (Å²) in [5, 5.41) is 3.01. The highest BCUT2D eigenvalue weighted by Crippen LogP contribution is 2.34. The lowest BCUT2D eigenvalue weighted by atomic mass is 10.1. The molecule has 0 radical (unpaired) electrons. The van der Waals surface area contributed by atoms with Crippen LogP contribution in [-0.4, -0.2) is 9.55 Å². The largest absolute Gasteiger partial charge is 0.330 e. The van der Waals surface area contributed by atoms with Gasteiger partial charge in [0.2, 0.25) is 0 Å². The van der Waals surface area contributed by atoms with Crippen LogP contribution >= 0.6 is 22.9 Å². The molecule has 0 saturated heterocycles. The smallest absolute Gasteiger partial charge is 0.124 e. The van der Waals surface area contributed by atoms with E-state index in [1.807, 2.05) is 12.1 Å². The van der Waals surface area contributed by atoms with Gasteiger partial charge in [-0.25, -0.2) is 4.98 Å². The lowest BCUT2D eigenvalue weighted by Crippen LogP contribution is -2.00. The summed E-state index contributed by atoms with van der Waals surface area (Å²) in [7, 11) is 0. The lowest BCUT2D eigenvalue weighted by molar-refractivity contribution is 0.748. The number of aromatic nitrogens is 2. The van der Waals surface area contributed by atoms with Crippen molar-refractivity contribution in [1.82, 2.24) is 9.55 Å². The molecule has 4 aromatic rings. The molecule has 0 atom stereocenters. The van der Waals surface area contributed by atoms with E-state index >= 15 is 0 Å². The molecule has 2 aromatic carbocycles. The van der Waals surface area contributed by atoms with Gasteiger partial charge in [0.15, 0.2) is 0 Å². The fourth-order valence-electron chi connectivity index (χ4n) is 2.92. The van der Waals surface area contributed by atoms with Crippen LogP contribution in [0.5, 0.6) is 0 Å². The molecule has 0 aliphatic heterocycles. The van der Waals surface area contributed by atoms with E-state index in [0.29, 0.717) is 0 Å².